The number of nitrogens with two attached hydrogens (primary N) is 1. The Morgan fingerprint density at radius 2 is 1.79 bits per heavy atom. The van der Waals surface area contributed by atoms with Gasteiger partial charge in [-0.25, -0.2) is 4.98 Å². The number of nitrogen functional groups attached to an aromatic ring is 1. The SMILES string of the molecule is CN1CCN(c2cc(C(=O)Cc3cc4cc(-c5cnn(C)c5N)ccc4cn3)ccn2)CC1. The summed E-state index contributed by atoms with van der Waals surface area (Å²) in [6.45, 7) is 3.81. The Kier molecular flexibility index (Phi) is 5.51. The van der Waals surface area contributed by atoms with Gasteiger partial charge in [0, 0.05) is 67.8 Å². The van der Waals surface area contributed by atoms with E-state index in [0.29, 0.717) is 11.4 Å². The van der Waals surface area contributed by atoms with Crippen molar-refractivity contribution in [2.45, 2.75) is 6.42 Å². The highest BCUT2D eigenvalue weighted by molar-refractivity contribution is 5.98. The summed E-state index contributed by atoms with van der Waals surface area (Å²) < 4.78 is 1.65. The first-order valence-electron chi connectivity index (χ1n) is 11.1. The number of fused-ring (bicyclic) bond motifs is 1. The topological polar surface area (TPSA) is 93.2 Å². The van der Waals surface area contributed by atoms with Gasteiger partial charge in [0.2, 0.25) is 0 Å². The third-order valence-corrected chi connectivity index (χ3v) is 6.31. The van der Waals surface area contributed by atoms with Gasteiger partial charge in [0.25, 0.3) is 0 Å². The first-order valence-corrected chi connectivity index (χ1v) is 11.1. The van der Waals surface area contributed by atoms with Gasteiger partial charge in [-0.1, -0.05) is 12.1 Å². The lowest BCUT2D eigenvalue weighted by Gasteiger charge is -2.33. The molecule has 1 aliphatic rings. The monoisotopic (exact) mass is 441 g/mol. The van der Waals surface area contributed by atoms with Crippen molar-refractivity contribution in [3.8, 4) is 11.1 Å². The molecule has 33 heavy (non-hydrogen) atoms. The Balaban J connectivity index is 1.37. The summed E-state index contributed by atoms with van der Waals surface area (Å²) in [6, 6.07) is 11.8. The molecule has 1 aromatic carbocycles. The average Bonchev–Trinajstić information content (AvgIpc) is 3.17. The lowest BCUT2D eigenvalue weighted by molar-refractivity contribution is 0.0992. The molecule has 5 rings (SSSR count). The van der Waals surface area contributed by atoms with Crippen LogP contribution in [0.25, 0.3) is 21.9 Å². The summed E-state index contributed by atoms with van der Waals surface area (Å²) in [6.07, 6.45) is 5.54. The van der Waals surface area contributed by atoms with Crippen LogP contribution in [0.3, 0.4) is 0 Å². The van der Waals surface area contributed by atoms with E-state index in [4.69, 9.17) is 5.73 Å². The van der Waals surface area contributed by atoms with Gasteiger partial charge in [-0.05, 0) is 42.3 Å². The minimum absolute atomic E-state index is 0.0345. The van der Waals surface area contributed by atoms with Crippen LogP contribution in [0, 0.1) is 0 Å². The van der Waals surface area contributed by atoms with Gasteiger partial charge in [0.1, 0.15) is 11.6 Å². The van der Waals surface area contributed by atoms with Crippen LogP contribution in [0.2, 0.25) is 0 Å². The molecule has 0 radical (unpaired) electrons. The standard InChI is InChI=1S/C25H27N7O/c1-30-7-9-32(10-8-30)24-13-18(5-6-27-24)23(33)14-21-12-20-11-17(3-4-19(20)15-28-21)22-16-29-31(2)25(22)26/h3-6,11-13,15-16H,7-10,14,26H2,1-2H3. The number of Topliss-reactive ketones (excluding diaryl/α,β-unsaturated/α-hetero) is 1. The summed E-state index contributed by atoms with van der Waals surface area (Å²) in [7, 11) is 3.94. The van der Waals surface area contributed by atoms with Crippen molar-refractivity contribution in [2.75, 3.05) is 43.9 Å². The van der Waals surface area contributed by atoms with Gasteiger partial charge in [-0.2, -0.15) is 5.10 Å². The number of likely N-dealkylation sites (N-methyl/N-ethyl adjacent to an activating group) is 1. The number of aromatic nitrogens is 4. The van der Waals surface area contributed by atoms with Gasteiger partial charge in [-0.15, -0.1) is 0 Å². The van der Waals surface area contributed by atoms with Gasteiger partial charge in [-0.3, -0.25) is 14.5 Å². The van der Waals surface area contributed by atoms with E-state index in [1.807, 2.05) is 37.5 Å². The highest BCUT2D eigenvalue weighted by Crippen LogP contribution is 2.28. The fourth-order valence-corrected chi connectivity index (χ4v) is 4.19. The minimum Gasteiger partial charge on any atom is -0.383 e. The molecule has 1 saturated heterocycles. The van der Waals surface area contributed by atoms with Gasteiger partial charge in [0.05, 0.1) is 12.6 Å². The molecule has 3 aromatic heterocycles. The number of carbonyl (C=O) groups is 1. The number of hydrogen-bond acceptors (Lipinski definition) is 7. The van der Waals surface area contributed by atoms with E-state index in [2.05, 4.69) is 38.0 Å². The first-order chi connectivity index (χ1) is 16.0. The van der Waals surface area contributed by atoms with Crippen molar-refractivity contribution >= 4 is 28.2 Å². The number of hydrogen-bond donors (Lipinski definition) is 1. The summed E-state index contributed by atoms with van der Waals surface area (Å²) >= 11 is 0. The molecule has 0 spiro atoms. The number of benzene rings is 1. The van der Waals surface area contributed by atoms with Gasteiger partial charge in [0.15, 0.2) is 5.78 Å². The van der Waals surface area contributed by atoms with Crippen molar-refractivity contribution in [3.63, 3.8) is 0 Å². The predicted octanol–water partition coefficient (Wildman–Crippen LogP) is 2.79. The third-order valence-electron chi connectivity index (χ3n) is 6.31. The maximum atomic E-state index is 13.1. The minimum atomic E-state index is 0.0345. The third kappa shape index (κ3) is 4.29. The Labute approximate surface area is 192 Å². The molecule has 4 heterocycles. The molecule has 0 amide bonds. The number of rotatable bonds is 5. The normalized spacial score (nSPS) is 14.7. The molecule has 0 bridgehead atoms. The van der Waals surface area contributed by atoms with E-state index in [0.717, 1.165) is 59.6 Å². The van der Waals surface area contributed by atoms with Crippen LogP contribution in [-0.4, -0.2) is 63.7 Å². The van der Waals surface area contributed by atoms with Crippen LogP contribution >= 0.6 is 0 Å². The smallest absolute Gasteiger partial charge is 0.169 e. The van der Waals surface area contributed by atoms with E-state index >= 15 is 0 Å². The van der Waals surface area contributed by atoms with Crippen LogP contribution in [0.4, 0.5) is 11.6 Å². The van der Waals surface area contributed by atoms with E-state index in [1.165, 1.54) is 0 Å². The number of anilines is 2. The number of piperazine rings is 1. The molecule has 8 heteroatoms. The zero-order valence-electron chi connectivity index (χ0n) is 18.9. The zero-order valence-corrected chi connectivity index (χ0v) is 18.9. The molecule has 1 aliphatic heterocycles. The van der Waals surface area contributed by atoms with E-state index < -0.39 is 0 Å². The first kappa shape index (κ1) is 21.1. The maximum absolute atomic E-state index is 13.1. The van der Waals surface area contributed by atoms with Crippen LogP contribution in [0.15, 0.2) is 55.0 Å². The number of aryl methyl sites for hydroxylation is 1. The second-order valence-electron chi connectivity index (χ2n) is 8.60. The molecule has 0 atom stereocenters. The van der Waals surface area contributed by atoms with Crippen molar-refractivity contribution in [2.24, 2.45) is 7.05 Å². The molecule has 0 unspecified atom stereocenters. The van der Waals surface area contributed by atoms with E-state index in [-0.39, 0.29) is 12.2 Å². The second-order valence-corrected chi connectivity index (χ2v) is 8.60. The Morgan fingerprint density at radius 1 is 0.970 bits per heavy atom. The summed E-state index contributed by atoms with van der Waals surface area (Å²) in [5, 5.41) is 6.26. The van der Waals surface area contributed by atoms with Crippen LogP contribution in [0.1, 0.15) is 16.1 Å². The van der Waals surface area contributed by atoms with Crippen molar-refractivity contribution in [1.29, 1.82) is 0 Å². The predicted molar refractivity (Wildman–Crippen MR) is 130 cm³/mol. The van der Waals surface area contributed by atoms with Gasteiger partial charge < -0.3 is 15.5 Å². The number of carbonyl (C=O) groups excluding carboxylic acids is 1. The molecule has 1 fully saturated rings. The van der Waals surface area contributed by atoms with Gasteiger partial charge >= 0.3 is 0 Å². The van der Waals surface area contributed by atoms with Crippen molar-refractivity contribution in [1.82, 2.24) is 24.6 Å². The lowest BCUT2D eigenvalue weighted by Crippen LogP contribution is -2.44. The lowest BCUT2D eigenvalue weighted by atomic mass is 10.0. The molecule has 2 N–H and O–H groups in total. The van der Waals surface area contributed by atoms with Crippen molar-refractivity contribution < 1.29 is 4.79 Å². The Hall–Kier alpha value is -3.78. The number of nitrogens with zero attached hydrogens (tertiary/aromatic N) is 6. The molecule has 8 nitrogen and oxygen atoms in total. The Morgan fingerprint density at radius 3 is 2.55 bits per heavy atom. The fraction of sp³-hybridized carbons (Fsp3) is 0.280. The highest BCUT2D eigenvalue weighted by atomic mass is 16.1. The molecular weight excluding hydrogens is 414 g/mol. The average molecular weight is 442 g/mol. The molecule has 0 saturated carbocycles. The molecule has 4 aromatic rings. The van der Waals surface area contributed by atoms with E-state index in [1.54, 1.807) is 23.1 Å². The molecular formula is C25H27N7O. The van der Waals surface area contributed by atoms with E-state index in [9.17, 15) is 4.79 Å². The summed E-state index contributed by atoms with van der Waals surface area (Å²) in [4.78, 5) is 26.6. The number of ketones is 1. The summed E-state index contributed by atoms with van der Waals surface area (Å²) in [5.74, 6) is 1.51. The van der Waals surface area contributed by atoms with Crippen LogP contribution < -0.4 is 10.6 Å². The quantitative estimate of drug-likeness (QED) is 0.476. The molecule has 168 valence electrons. The Bertz CT molecular complexity index is 1320. The van der Waals surface area contributed by atoms with Crippen LogP contribution in [-0.2, 0) is 13.5 Å². The zero-order chi connectivity index (χ0) is 22.9. The second kappa shape index (κ2) is 8.63. The largest absolute Gasteiger partial charge is 0.383 e. The highest BCUT2D eigenvalue weighted by Gasteiger charge is 2.17. The van der Waals surface area contributed by atoms with Crippen LogP contribution in [0.5, 0.6) is 0 Å². The maximum Gasteiger partial charge on any atom is 0.169 e. The summed E-state index contributed by atoms with van der Waals surface area (Å²) in [5.41, 5.74) is 9.43. The van der Waals surface area contributed by atoms with Crippen molar-refractivity contribution in [3.05, 3.63) is 66.2 Å². The number of pyridine rings is 2. The fourth-order valence-electron chi connectivity index (χ4n) is 4.19. The molecule has 0 aliphatic carbocycles.